The lowest BCUT2D eigenvalue weighted by Crippen LogP contribution is -2.41. The molecule has 0 aliphatic rings. The summed E-state index contributed by atoms with van der Waals surface area (Å²) >= 11 is 0. The molecule has 0 saturated carbocycles. The van der Waals surface area contributed by atoms with Gasteiger partial charge in [0.1, 0.15) is 0 Å². The van der Waals surface area contributed by atoms with Crippen molar-refractivity contribution in [1.82, 2.24) is 11.0 Å². The molecule has 5 N–H and O–H groups in total. The van der Waals surface area contributed by atoms with Crippen LogP contribution in [0.3, 0.4) is 0 Å². The van der Waals surface area contributed by atoms with Crippen molar-refractivity contribution in [2.75, 3.05) is 0 Å². The van der Waals surface area contributed by atoms with Crippen LogP contribution >= 0.6 is 0 Å². The molecule has 0 rings (SSSR count). The molecule has 0 atom stereocenters. The Kier molecular flexibility index (Phi) is 3.02. The highest BCUT2D eigenvalue weighted by atomic mass is 32.3. The first-order chi connectivity index (χ1) is 4.42. The first kappa shape index (κ1) is 9.10. The van der Waals surface area contributed by atoms with Gasteiger partial charge in [0.15, 0.2) is 0 Å². The highest BCUT2D eigenvalue weighted by Gasteiger charge is 2.02. The Balaban J connectivity index is 3.49. The fraction of sp³-hybridized carbons (Fsp3) is 0. The van der Waals surface area contributed by atoms with E-state index in [1.165, 1.54) is 11.0 Å². The molecule has 0 aromatic carbocycles. The van der Waals surface area contributed by atoms with Crippen LogP contribution in [0, 0.1) is 0 Å². The molecule has 2 amide bonds. The number of urea groups is 1. The maximum Gasteiger partial charge on any atom is 0.415 e. The van der Waals surface area contributed by atoms with Gasteiger partial charge in [-0.15, -0.1) is 4.28 Å². The molecule has 0 aromatic heterocycles. The molecule has 0 unspecified atom stereocenters. The van der Waals surface area contributed by atoms with Gasteiger partial charge in [-0.3, -0.25) is 4.55 Å². The van der Waals surface area contributed by atoms with Crippen LogP contribution in [0.4, 0.5) is 4.79 Å². The average Bonchev–Trinajstić information content (AvgIpc) is 1.59. The van der Waals surface area contributed by atoms with E-state index in [0.717, 1.165) is 0 Å². The van der Waals surface area contributed by atoms with Gasteiger partial charge in [-0.05, 0) is 0 Å². The second-order valence-electron chi connectivity index (χ2n) is 1.10. The Labute approximate surface area is 56.2 Å². The average molecular weight is 171 g/mol. The van der Waals surface area contributed by atoms with Gasteiger partial charge in [0.25, 0.3) is 0 Å². The number of hydrogen-bond acceptors (Lipinski definition) is 5. The number of carbonyl (C=O) groups is 1. The van der Waals surface area contributed by atoms with E-state index in [1.807, 2.05) is 0 Å². The zero-order valence-corrected chi connectivity index (χ0v) is 5.38. The van der Waals surface area contributed by atoms with Crippen LogP contribution in [-0.2, 0) is 14.7 Å². The Morgan fingerprint density at radius 3 is 2.40 bits per heavy atom. The Bertz CT molecular complexity index is 207. The van der Waals surface area contributed by atoms with E-state index in [0.29, 0.717) is 0 Å². The Hall–Kier alpha value is -0.900. The van der Waals surface area contributed by atoms with Crippen LogP contribution in [0.15, 0.2) is 0 Å². The third kappa shape index (κ3) is 7.10. The van der Waals surface area contributed by atoms with E-state index >= 15 is 0 Å². The molecule has 9 heteroatoms. The van der Waals surface area contributed by atoms with Crippen molar-refractivity contribution < 1.29 is 22.0 Å². The van der Waals surface area contributed by atoms with Gasteiger partial charge in [0.05, 0.1) is 0 Å². The predicted molar refractivity (Wildman–Crippen MR) is 28.5 cm³/mol. The van der Waals surface area contributed by atoms with Gasteiger partial charge < -0.3 is 5.73 Å². The SMILES string of the molecule is NC(=O)NNOS(=O)(=O)O. The monoisotopic (exact) mass is 171 g/mol. The highest BCUT2D eigenvalue weighted by molar-refractivity contribution is 7.80. The number of primary amides is 1. The standard InChI is InChI=1S/CH5N3O5S/c2-1(5)3-4-9-10(6,7)8/h4H,(H3,2,3,5)(H,6,7,8). The maximum atomic E-state index is 9.78. The molecule has 0 aliphatic heterocycles. The van der Waals surface area contributed by atoms with Gasteiger partial charge in [0, 0.05) is 0 Å². The Morgan fingerprint density at radius 1 is 1.60 bits per heavy atom. The number of hydrazine groups is 1. The minimum atomic E-state index is -4.60. The van der Waals surface area contributed by atoms with Crippen molar-refractivity contribution in [3.63, 3.8) is 0 Å². The first-order valence-corrected chi connectivity index (χ1v) is 3.24. The van der Waals surface area contributed by atoms with Crippen molar-refractivity contribution >= 4 is 16.4 Å². The molecule has 8 nitrogen and oxygen atoms in total. The molecule has 0 saturated heterocycles. The normalized spacial score (nSPS) is 10.9. The van der Waals surface area contributed by atoms with Crippen molar-refractivity contribution in [3.05, 3.63) is 0 Å². The van der Waals surface area contributed by atoms with Gasteiger partial charge in [-0.2, -0.15) is 8.42 Å². The fourth-order valence-corrected chi connectivity index (χ4v) is 0.271. The van der Waals surface area contributed by atoms with Crippen LogP contribution in [0.25, 0.3) is 0 Å². The van der Waals surface area contributed by atoms with Crippen LogP contribution in [0.1, 0.15) is 0 Å². The summed E-state index contributed by atoms with van der Waals surface area (Å²) in [5.41, 5.74) is 7.34. The largest absolute Gasteiger partial charge is 0.415 e. The second kappa shape index (κ2) is 3.31. The lowest BCUT2D eigenvalue weighted by Gasteiger charge is -1.99. The van der Waals surface area contributed by atoms with E-state index in [-0.39, 0.29) is 0 Å². The molecule has 0 bridgehead atoms. The van der Waals surface area contributed by atoms with Gasteiger partial charge in [0.2, 0.25) is 0 Å². The number of hydrogen-bond donors (Lipinski definition) is 4. The number of nitrogens with two attached hydrogens (primary N) is 1. The summed E-state index contributed by atoms with van der Waals surface area (Å²) < 4.78 is 30.6. The van der Waals surface area contributed by atoms with E-state index in [9.17, 15) is 13.2 Å². The zero-order chi connectivity index (χ0) is 8.20. The summed E-state index contributed by atoms with van der Waals surface area (Å²) in [6.45, 7) is 0. The number of nitrogens with one attached hydrogen (secondary N) is 2. The third-order valence-corrected chi connectivity index (χ3v) is 0.615. The number of carbonyl (C=O) groups excluding carboxylic acids is 1. The van der Waals surface area contributed by atoms with E-state index in [4.69, 9.17) is 4.55 Å². The van der Waals surface area contributed by atoms with Gasteiger partial charge in [-0.25, -0.2) is 10.2 Å². The van der Waals surface area contributed by atoms with Crippen LogP contribution in [0.2, 0.25) is 0 Å². The molecular formula is CH5N3O5S. The molecule has 0 aromatic rings. The maximum absolute atomic E-state index is 9.78. The lowest BCUT2D eigenvalue weighted by atomic mass is 11.2. The van der Waals surface area contributed by atoms with Crippen LogP contribution < -0.4 is 16.7 Å². The quantitative estimate of drug-likeness (QED) is 0.284. The molecule has 60 valence electrons. The summed E-state index contributed by atoms with van der Waals surface area (Å²) in [6.07, 6.45) is 0. The fourth-order valence-electron chi connectivity index (χ4n) is 0.124. The molecule has 0 fully saturated rings. The summed E-state index contributed by atoms with van der Waals surface area (Å²) in [6, 6.07) is -1.05. The molecule has 0 heterocycles. The molecule has 0 aliphatic carbocycles. The van der Waals surface area contributed by atoms with Gasteiger partial charge in [-0.1, -0.05) is 5.59 Å². The summed E-state index contributed by atoms with van der Waals surface area (Å²) in [5.74, 6) is 0. The van der Waals surface area contributed by atoms with Crippen molar-refractivity contribution in [3.8, 4) is 0 Å². The van der Waals surface area contributed by atoms with E-state index in [2.05, 4.69) is 10.0 Å². The number of rotatable bonds is 3. The second-order valence-corrected chi connectivity index (χ2v) is 2.12. The molecule has 10 heavy (non-hydrogen) atoms. The minimum Gasteiger partial charge on any atom is -0.350 e. The first-order valence-electron chi connectivity index (χ1n) is 1.88. The van der Waals surface area contributed by atoms with Crippen molar-refractivity contribution in [2.24, 2.45) is 5.73 Å². The Morgan fingerprint density at radius 2 is 2.10 bits per heavy atom. The van der Waals surface area contributed by atoms with E-state index < -0.39 is 16.4 Å². The zero-order valence-electron chi connectivity index (χ0n) is 4.57. The molecular weight excluding hydrogens is 166 g/mol. The number of amides is 2. The summed E-state index contributed by atoms with van der Waals surface area (Å²) in [7, 11) is -4.60. The van der Waals surface area contributed by atoms with Crippen LogP contribution in [0.5, 0.6) is 0 Å². The van der Waals surface area contributed by atoms with Gasteiger partial charge >= 0.3 is 16.4 Å². The third-order valence-electron chi connectivity index (χ3n) is 0.321. The van der Waals surface area contributed by atoms with Crippen LogP contribution in [-0.4, -0.2) is 19.0 Å². The molecule has 0 spiro atoms. The minimum absolute atomic E-state index is 1.05. The lowest BCUT2D eigenvalue weighted by molar-refractivity contribution is 0.141. The highest BCUT2D eigenvalue weighted by Crippen LogP contribution is 1.75. The summed E-state index contributed by atoms with van der Waals surface area (Å²) in [4.78, 5) is 9.78. The van der Waals surface area contributed by atoms with E-state index in [1.54, 1.807) is 0 Å². The topological polar surface area (TPSA) is 131 Å². The summed E-state index contributed by atoms with van der Waals surface area (Å²) in [5, 5.41) is 0. The van der Waals surface area contributed by atoms with Crippen molar-refractivity contribution in [1.29, 1.82) is 0 Å². The smallest absolute Gasteiger partial charge is 0.350 e. The predicted octanol–water partition coefficient (Wildman–Crippen LogP) is -2.11. The van der Waals surface area contributed by atoms with Crippen molar-refractivity contribution in [2.45, 2.75) is 0 Å². The molecule has 0 radical (unpaired) electrons.